The van der Waals surface area contributed by atoms with Gasteiger partial charge in [-0.2, -0.15) is 17.5 Å². The third-order valence-corrected chi connectivity index (χ3v) is 7.30. The molecule has 142 valence electrons. The van der Waals surface area contributed by atoms with Crippen LogP contribution in [0.3, 0.4) is 0 Å². The molecule has 0 spiro atoms. The normalized spacial score (nSPS) is 19.7. The molecule has 1 aliphatic rings. The van der Waals surface area contributed by atoms with Gasteiger partial charge in [-0.05, 0) is 25.1 Å². The van der Waals surface area contributed by atoms with Crippen molar-refractivity contribution in [2.75, 3.05) is 24.5 Å². The van der Waals surface area contributed by atoms with E-state index in [0.29, 0.717) is 6.07 Å². The number of aromatic nitrogens is 1. The van der Waals surface area contributed by atoms with Gasteiger partial charge in [-0.25, -0.2) is 17.8 Å². The molecule has 0 aliphatic carbocycles. The molecule has 2 heterocycles. The third kappa shape index (κ3) is 3.55. The van der Waals surface area contributed by atoms with Crippen LogP contribution in [0.5, 0.6) is 0 Å². The second-order valence-electron chi connectivity index (χ2n) is 5.87. The molecule has 2 aromatic rings. The molecule has 1 unspecified atom stereocenters. The van der Waals surface area contributed by atoms with Crippen molar-refractivity contribution in [3.05, 3.63) is 41.2 Å². The molecule has 1 atom stereocenters. The highest BCUT2D eigenvalue weighted by molar-refractivity contribution is 7.91. The Bertz CT molecular complexity index is 885. The van der Waals surface area contributed by atoms with Gasteiger partial charge in [0.2, 0.25) is 4.34 Å². The molecule has 1 fully saturated rings. The Morgan fingerprint density at radius 3 is 2.58 bits per heavy atom. The summed E-state index contributed by atoms with van der Waals surface area (Å²) < 4.78 is 79.3. The van der Waals surface area contributed by atoms with Gasteiger partial charge in [-0.1, -0.05) is 0 Å². The Hall–Kier alpha value is -1.72. The fraction of sp³-hybridized carbons (Fsp3) is 0.400. The number of anilines is 1. The average molecular weight is 409 g/mol. The molecule has 1 saturated heterocycles. The van der Waals surface area contributed by atoms with Crippen molar-refractivity contribution in [1.29, 1.82) is 0 Å². The minimum absolute atomic E-state index is 0.0117. The summed E-state index contributed by atoms with van der Waals surface area (Å²) in [5.41, 5.74) is -1.22. The number of thiazole rings is 1. The van der Waals surface area contributed by atoms with Gasteiger partial charge in [0, 0.05) is 42.9 Å². The number of halogens is 4. The third-order valence-electron chi connectivity index (χ3n) is 4.11. The number of alkyl halides is 3. The van der Waals surface area contributed by atoms with Crippen molar-refractivity contribution in [2.24, 2.45) is 0 Å². The van der Waals surface area contributed by atoms with Gasteiger partial charge in [-0.15, -0.1) is 11.3 Å². The highest BCUT2D eigenvalue weighted by atomic mass is 32.2. The van der Waals surface area contributed by atoms with Crippen LogP contribution in [0.4, 0.5) is 23.2 Å². The predicted molar refractivity (Wildman–Crippen MR) is 89.1 cm³/mol. The fourth-order valence-electron chi connectivity index (χ4n) is 2.97. The summed E-state index contributed by atoms with van der Waals surface area (Å²) >= 11 is 0.985. The molecule has 0 bridgehead atoms. The molecule has 1 aromatic carbocycles. The Morgan fingerprint density at radius 1 is 1.27 bits per heavy atom. The minimum atomic E-state index is -4.70. The molecular formula is C15H15F4N3O2S2. The fourth-order valence-corrected chi connectivity index (χ4v) is 5.52. The Labute approximate surface area is 151 Å². The molecular weight excluding hydrogens is 394 g/mol. The van der Waals surface area contributed by atoms with Crippen LogP contribution in [-0.2, 0) is 16.2 Å². The first-order valence-corrected chi connectivity index (χ1v) is 9.95. The summed E-state index contributed by atoms with van der Waals surface area (Å²) in [5, 5.41) is 1.54. The van der Waals surface area contributed by atoms with E-state index in [1.165, 1.54) is 15.4 Å². The van der Waals surface area contributed by atoms with Gasteiger partial charge in [0.25, 0.3) is 10.0 Å². The lowest BCUT2D eigenvalue weighted by Crippen LogP contribution is -2.54. The molecule has 1 aliphatic heterocycles. The van der Waals surface area contributed by atoms with Crippen molar-refractivity contribution >= 4 is 27.0 Å². The van der Waals surface area contributed by atoms with Crippen LogP contribution in [0.25, 0.3) is 0 Å². The number of hydrogen-bond acceptors (Lipinski definition) is 5. The number of piperazine rings is 1. The van der Waals surface area contributed by atoms with E-state index < -0.39 is 33.6 Å². The SMILES string of the molecule is CC1CN(c2ccc(F)cc2C(F)(F)F)CCN1S(=O)(=O)c1nccs1. The molecule has 0 saturated carbocycles. The van der Waals surface area contributed by atoms with Crippen molar-refractivity contribution in [2.45, 2.75) is 23.5 Å². The standard InChI is InChI=1S/C15H15F4N3O2S2/c1-10-9-21(13-3-2-11(16)8-12(13)15(17,18)19)5-6-22(10)26(23,24)14-20-4-7-25-14/h2-4,7-8,10H,5-6,9H2,1H3. The monoisotopic (exact) mass is 409 g/mol. The summed E-state index contributed by atoms with van der Waals surface area (Å²) in [7, 11) is -3.79. The zero-order valence-electron chi connectivity index (χ0n) is 13.6. The first-order chi connectivity index (χ1) is 12.1. The molecule has 1 aromatic heterocycles. The Kier molecular flexibility index (Phi) is 4.97. The minimum Gasteiger partial charge on any atom is -0.368 e. The Balaban J connectivity index is 1.86. The van der Waals surface area contributed by atoms with Crippen molar-refractivity contribution in [3.8, 4) is 0 Å². The first kappa shape index (κ1) is 19.1. The molecule has 26 heavy (non-hydrogen) atoms. The van der Waals surface area contributed by atoms with Crippen LogP contribution in [0.15, 0.2) is 34.1 Å². The predicted octanol–water partition coefficient (Wildman–Crippen LogP) is 3.20. The number of nitrogens with zero attached hydrogens (tertiary/aromatic N) is 3. The number of hydrogen-bond donors (Lipinski definition) is 0. The summed E-state index contributed by atoms with van der Waals surface area (Å²) in [5.74, 6) is -0.973. The van der Waals surface area contributed by atoms with E-state index in [0.717, 1.165) is 23.5 Å². The smallest absolute Gasteiger partial charge is 0.368 e. The maximum atomic E-state index is 13.3. The number of benzene rings is 1. The number of sulfonamides is 1. The van der Waals surface area contributed by atoms with Crippen molar-refractivity contribution in [3.63, 3.8) is 0 Å². The second kappa shape index (κ2) is 6.78. The van der Waals surface area contributed by atoms with Gasteiger partial charge in [0.15, 0.2) is 0 Å². The van der Waals surface area contributed by atoms with Gasteiger partial charge in [-0.3, -0.25) is 0 Å². The van der Waals surface area contributed by atoms with Crippen LogP contribution in [0.2, 0.25) is 0 Å². The molecule has 5 nitrogen and oxygen atoms in total. The maximum absolute atomic E-state index is 13.3. The van der Waals surface area contributed by atoms with E-state index in [1.807, 2.05) is 0 Å². The lowest BCUT2D eigenvalue weighted by molar-refractivity contribution is -0.137. The van der Waals surface area contributed by atoms with Gasteiger partial charge >= 0.3 is 6.18 Å². The van der Waals surface area contributed by atoms with E-state index >= 15 is 0 Å². The van der Waals surface area contributed by atoms with E-state index in [9.17, 15) is 26.0 Å². The highest BCUT2D eigenvalue weighted by Gasteiger charge is 2.39. The average Bonchev–Trinajstić information content (AvgIpc) is 3.09. The zero-order chi connectivity index (χ0) is 19.1. The summed E-state index contributed by atoms with van der Waals surface area (Å²) in [4.78, 5) is 5.25. The van der Waals surface area contributed by atoms with E-state index in [4.69, 9.17) is 0 Å². The number of rotatable bonds is 3. The van der Waals surface area contributed by atoms with Gasteiger partial charge < -0.3 is 4.90 Å². The summed E-state index contributed by atoms with van der Waals surface area (Å²) in [6.07, 6.45) is -3.32. The summed E-state index contributed by atoms with van der Waals surface area (Å²) in [6.45, 7) is 1.74. The van der Waals surface area contributed by atoms with E-state index in [-0.39, 0.29) is 29.7 Å². The lowest BCUT2D eigenvalue weighted by atomic mass is 10.1. The van der Waals surface area contributed by atoms with Crippen LogP contribution in [0.1, 0.15) is 12.5 Å². The largest absolute Gasteiger partial charge is 0.418 e. The molecule has 3 rings (SSSR count). The topological polar surface area (TPSA) is 53.5 Å². The van der Waals surface area contributed by atoms with Crippen molar-refractivity contribution in [1.82, 2.24) is 9.29 Å². The molecule has 0 amide bonds. The molecule has 0 N–H and O–H groups in total. The van der Waals surface area contributed by atoms with Crippen LogP contribution in [-0.4, -0.2) is 43.4 Å². The molecule has 0 radical (unpaired) electrons. The van der Waals surface area contributed by atoms with Crippen LogP contribution < -0.4 is 4.90 Å². The summed E-state index contributed by atoms with van der Waals surface area (Å²) in [6, 6.07) is 1.94. The van der Waals surface area contributed by atoms with E-state index in [2.05, 4.69) is 4.98 Å². The van der Waals surface area contributed by atoms with E-state index in [1.54, 1.807) is 12.3 Å². The van der Waals surface area contributed by atoms with Gasteiger partial charge in [0.1, 0.15) is 5.82 Å². The maximum Gasteiger partial charge on any atom is 0.418 e. The first-order valence-electron chi connectivity index (χ1n) is 7.64. The van der Waals surface area contributed by atoms with Gasteiger partial charge in [0.05, 0.1) is 5.56 Å². The molecule has 11 heteroatoms. The van der Waals surface area contributed by atoms with Crippen LogP contribution in [0, 0.1) is 5.82 Å². The lowest BCUT2D eigenvalue weighted by Gasteiger charge is -2.40. The van der Waals surface area contributed by atoms with Crippen LogP contribution >= 0.6 is 11.3 Å². The highest BCUT2D eigenvalue weighted by Crippen LogP contribution is 2.38. The second-order valence-corrected chi connectivity index (χ2v) is 8.83. The quantitative estimate of drug-likeness (QED) is 0.731. The Morgan fingerprint density at radius 2 is 2.00 bits per heavy atom. The van der Waals surface area contributed by atoms with Crippen molar-refractivity contribution < 1.29 is 26.0 Å². The zero-order valence-corrected chi connectivity index (χ0v) is 15.2.